The number of anilines is 1. The Bertz CT molecular complexity index is 1020. The largest absolute Gasteiger partial charge is 0.382 e. The van der Waals surface area contributed by atoms with E-state index in [9.17, 15) is 9.18 Å². The minimum Gasteiger partial charge on any atom is -0.382 e. The van der Waals surface area contributed by atoms with Gasteiger partial charge < -0.3 is 11.1 Å². The summed E-state index contributed by atoms with van der Waals surface area (Å²) in [6, 6.07) is 4.09. The second-order valence-electron chi connectivity index (χ2n) is 4.98. The summed E-state index contributed by atoms with van der Waals surface area (Å²) < 4.78 is 19.5. The summed E-state index contributed by atoms with van der Waals surface area (Å²) in [6.45, 7) is 0. The molecule has 3 N–H and O–H groups in total. The van der Waals surface area contributed by atoms with Crippen molar-refractivity contribution in [3.05, 3.63) is 51.1 Å². The maximum atomic E-state index is 13.3. The molecule has 0 saturated carbocycles. The number of nitrogens with two attached hydrogens (primary N) is 1. The molecule has 0 aliphatic carbocycles. The molecule has 2 aromatic heterocycles. The monoisotopic (exact) mass is 441 g/mol. The van der Waals surface area contributed by atoms with Crippen molar-refractivity contribution in [3.8, 4) is 0 Å². The first kappa shape index (κ1) is 18.0. The molecule has 0 aliphatic rings. The van der Waals surface area contributed by atoms with E-state index in [0.717, 1.165) is 0 Å². The normalized spacial score (nSPS) is 11.6. The summed E-state index contributed by atoms with van der Waals surface area (Å²) in [7, 11) is 1.59. The number of hydrogen-bond donors (Lipinski definition) is 2. The van der Waals surface area contributed by atoms with Crippen LogP contribution in [0.15, 0.2) is 38.5 Å². The van der Waals surface area contributed by atoms with Gasteiger partial charge in [0.2, 0.25) is 5.82 Å². The van der Waals surface area contributed by atoms with Gasteiger partial charge in [0.25, 0.3) is 5.91 Å². The van der Waals surface area contributed by atoms with Gasteiger partial charge >= 0.3 is 0 Å². The van der Waals surface area contributed by atoms with Crippen LogP contribution in [0.5, 0.6) is 0 Å². The number of aromatic nitrogens is 4. The second kappa shape index (κ2) is 7.22. The zero-order chi connectivity index (χ0) is 18.8. The lowest BCUT2D eigenvalue weighted by Gasteiger charge is -2.03. The van der Waals surface area contributed by atoms with Crippen LogP contribution in [0, 0.1) is 5.82 Å². The molecule has 3 rings (SSSR count). The Hall–Kier alpha value is -2.79. The van der Waals surface area contributed by atoms with Crippen LogP contribution < -0.4 is 11.1 Å². The zero-order valence-electron chi connectivity index (χ0n) is 13.1. The Morgan fingerprint density at radius 2 is 2.23 bits per heavy atom. The topological polar surface area (TPSA) is 124 Å². The van der Waals surface area contributed by atoms with Gasteiger partial charge in [0, 0.05) is 7.05 Å². The summed E-state index contributed by atoms with van der Waals surface area (Å²) >= 11 is 9.04. The van der Waals surface area contributed by atoms with E-state index in [1.807, 2.05) is 0 Å². The van der Waals surface area contributed by atoms with Gasteiger partial charge in [-0.15, -0.1) is 0 Å². The molecular weight excluding hydrogens is 433 g/mol. The van der Waals surface area contributed by atoms with E-state index in [-0.39, 0.29) is 32.5 Å². The molecule has 0 saturated heterocycles. The minimum atomic E-state index is -0.572. The number of amides is 1. The Morgan fingerprint density at radius 1 is 1.46 bits per heavy atom. The molecule has 0 aliphatic heterocycles. The summed E-state index contributed by atoms with van der Waals surface area (Å²) in [5.74, 6) is -1.14. The average Bonchev–Trinajstić information content (AvgIpc) is 3.18. The summed E-state index contributed by atoms with van der Waals surface area (Å²) in [4.78, 5) is 16.4. The number of nitrogens with one attached hydrogen (secondary N) is 1. The van der Waals surface area contributed by atoms with Gasteiger partial charge in [-0.2, -0.15) is 5.10 Å². The van der Waals surface area contributed by atoms with Crippen LogP contribution in [0.3, 0.4) is 0 Å². The molecule has 0 fully saturated rings. The second-order valence-corrected chi connectivity index (χ2v) is 6.20. The molecule has 0 unspecified atom stereocenters. The minimum absolute atomic E-state index is 0.0128. The maximum absolute atomic E-state index is 13.3. The van der Waals surface area contributed by atoms with Crippen LogP contribution in [0.4, 0.5) is 15.9 Å². The van der Waals surface area contributed by atoms with Crippen LogP contribution >= 0.6 is 27.5 Å². The van der Waals surface area contributed by atoms with Crippen molar-refractivity contribution in [1.29, 1.82) is 0 Å². The highest BCUT2D eigenvalue weighted by molar-refractivity contribution is 9.10. The molecule has 0 bridgehead atoms. The smallest absolute Gasteiger partial charge is 0.261 e. The van der Waals surface area contributed by atoms with E-state index in [0.29, 0.717) is 5.69 Å². The predicted octanol–water partition coefficient (Wildman–Crippen LogP) is 2.65. The van der Waals surface area contributed by atoms with Crippen molar-refractivity contribution >= 4 is 50.8 Å². The van der Waals surface area contributed by atoms with E-state index in [4.69, 9.17) is 17.3 Å². The molecule has 0 spiro atoms. The number of nitrogens with zero attached hydrogens (tertiary/aromatic N) is 5. The third-order valence-electron chi connectivity index (χ3n) is 3.23. The van der Waals surface area contributed by atoms with Gasteiger partial charge in [-0.3, -0.25) is 9.48 Å². The van der Waals surface area contributed by atoms with Crippen molar-refractivity contribution in [1.82, 2.24) is 20.1 Å². The molecule has 1 aromatic carbocycles. The van der Waals surface area contributed by atoms with Gasteiger partial charge in [0.15, 0.2) is 11.5 Å². The quantitative estimate of drug-likeness (QED) is 0.473. The molecule has 26 heavy (non-hydrogen) atoms. The lowest BCUT2D eigenvalue weighted by atomic mass is 10.3. The molecule has 0 atom stereocenters. The lowest BCUT2D eigenvalue weighted by Crippen LogP contribution is -2.19. The van der Waals surface area contributed by atoms with Crippen molar-refractivity contribution < 1.29 is 13.8 Å². The molecular formula is C14H10BrClFN7O2. The number of benzene rings is 1. The number of hydrogen-bond acceptors (Lipinski definition) is 6. The fraction of sp³-hybridized carbons (Fsp3) is 0.0714. The number of amidine groups is 1. The fourth-order valence-electron chi connectivity index (χ4n) is 1.94. The van der Waals surface area contributed by atoms with Crippen LogP contribution in [0.2, 0.25) is 5.15 Å². The number of aliphatic imine (C=N–C) groups is 1. The van der Waals surface area contributed by atoms with E-state index in [2.05, 4.69) is 46.3 Å². The van der Waals surface area contributed by atoms with Gasteiger partial charge in [-0.05, 0) is 44.4 Å². The van der Waals surface area contributed by atoms with Gasteiger partial charge in [-0.25, -0.2) is 14.0 Å². The lowest BCUT2D eigenvalue weighted by molar-refractivity contribution is 0.102. The summed E-state index contributed by atoms with van der Waals surface area (Å²) in [5.41, 5.74) is 6.41. The number of halogens is 3. The van der Waals surface area contributed by atoms with Crippen molar-refractivity contribution in [3.63, 3.8) is 0 Å². The fourth-order valence-corrected chi connectivity index (χ4v) is 2.48. The van der Waals surface area contributed by atoms with Gasteiger partial charge in [-0.1, -0.05) is 11.6 Å². The van der Waals surface area contributed by atoms with E-state index < -0.39 is 11.7 Å². The third-order valence-corrected chi connectivity index (χ3v) is 4.28. The van der Waals surface area contributed by atoms with Crippen molar-refractivity contribution in [2.45, 2.75) is 0 Å². The summed E-state index contributed by atoms with van der Waals surface area (Å²) in [6.07, 6.45) is 1.30. The molecule has 1 amide bonds. The van der Waals surface area contributed by atoms with Crippen LogP contribution in [0.25, 0.3) is 0 Å². The van der Waals surface area contributed by atoms with Crippen molar-refractivity contribution in [2.24, 2.45) is 17.8 Å². The van der Waals surface area contributed by atoms with Crippen LogP contribution in [0.1, 0.15) is 16.1 Å². The SMILES string of the molecule is Cn1ncc(C(=O)Nc2nonc2C(N)=Nc2ccc(F)c(Br)c2)c1Cl. The molecule has 0 radical (unpaired) electrons. The molecule has 3 aromatic rings. The number of carbonyl (C=O) groups excluding carboxylic acids is 1. The van der Waals surface area contributed by atoms with E-state index in [1.165, 1.54) is 29.1 Å². The van der Waals surface area contributed by atoms with Crippen LogP contribution in [-0.2, 0) is 7.05 Å². The molecule has 12 heteroatoms. The highest BCUT2D eigenvalue weighted by atomic mass is 79.9. The average molecular weight is 443 g/mol. The number of rotatable bonds is 4. The summed E-state index contributed by atoms with van der Waals surface area (Å²) in [5, 5.41) is 13.7. The van der Waals surface area contributed by atoms with Gasteiger partial charge in [0.05, 0.1) is 21.9 Å². The predicted molar refractivity (Wildman–Crippen MR) is 95.0 cm³/mol. The Labute approximate surface area is 159 Å². The maximum Gasteiger partial charge on any atom is 0.261 e. The standard InChI is InChI=1S/C14H10BrClFN7O2/c1-24-11(16)7(5-19-24)14(25)21-13-10(22-26-23-13)12(18)20-6-2-3-9(17)8(15)4-6/h2-5H,1H3,(H2,18,20)(H,21,23,25). The Kier molecular flexibility index (Phi) is 5.00. The number of carbonyl (C=O) groups is 1. The Balaban J connectivity index is 1.85. The van der Waals surface area contributed by atoms with Gasteiger partial charge in [0.1, 0.15) is 11.0 Å². The molecule has 134 valence electrons. The van der Waals surface area contributed by atoms with Crippen molar-refractivity contribution in [2.75, 3.05) is 5.32 Å². The highest BCUT2D eigenvalue weighted by Gasteiger charge is 2.20. The number of aryl methyl sites for hydroxylation is 1. The van der Waals surface area contributed by atoms with E-state index >= 15 is 0 Å². The van der Waals surface area contributed by atoms with E-state index in [1.54, 1.807) is 7.05 Å². The third kappa shape index (κ3) is 3.58. The Morgan fingerprint density at radius 3 is 2.88 bits per heavy atom. The first-order valence-corrected chi connectivity index (χ1v) is 8.15. The highest BCUT2D eigenvalue weighted by Crippen LogP contribution is 2.23. The molecule has 2 heterocycles. The zero-order valence-corrected chi connectivity index (χ0v) is 15.4. The molecule has 9 nitrogen and oxygen atoms in total. The first-order valence-electron chi connectivity index (χ1n) is 6.98. The first-order chi connectivity index (χ1) is 12.4. The van der Waals surface area contributed by atoms with Crippen LogP contribution in [-0.4, -0.2) is 31.8 Å².